The van der Waals surface area contributed by atoms with Crippen LogP contribution in [0.5, 0.6) is 0 Å². The maximum Gasteiger partial charge on any atom is 0.490 e. The van der Waals surface area contributed by atoms with Crippen LogP contribution < -0.4 is 5.73 Å². The number of aromatic nitrogens is 3. The van der Waals surface area contributed by atoms with Gasteiger partial charge in [0.1, 0.15) is 0 Å². The molecule has 0 aliphatic carbocycles. The molecule has 2 aromatic heterocycles. The number of hydrogen-bond acceptors (Lipinski definition) is 7. The molecule has 3 N–H and O–H groups in total. The van der Waals surface area contributed by atoms with E-state index in [0.29, 0.717) is 22.4 Å². The van der Waals surface area contributed by atoms with Crippen LogP contribution in [0.2, 0.25) is 0 Å². The molecular formula is C22H20F5N5O4S. The molecule has 37 heavy (non-hydrogen) atoms. The van der Waals surface area contributed by atoms with Crippen molar-refractivity contribution in [3.8, 4) is 22.4 Å². The Kier molecular flexibility index (Phi) is 8.07. The molecule has 1 aliphatic rings. The lowest BCUT2D eigenvalue weighted by atomic mass is 10.1. The number of aliphatic carboxylic acids is 1. The number of carboxylic acids is 1. The first-order valence-electron chi connectivity index (χ1n) is 10.5. The maximum atomic E-state index is 13.5. The fourth-order valence-electron chi connectivity index (χ4n) is 3.32. The van der Waals surface area contributed by atoms with Gasteiger partial charge < -0.3 is 10.8 Å². The van der Waals surface area contributed by atoms with Crippen molar-refractivity contribution >= 4 is 21.9 Å². The van der Waals surface area contributed by atoms with Gasteiger partial charge in [-0.05, 0) is 12.1 Å². The predicted octanol–water partition coefficient (Wildman–Crippen LogP) is 3.84. The zero-order valence-corrected chi connectivity index (χ0v) is 19.7. The number of alkyl halides is 5. The summed E-state index contributed by atoms with van der Waals surface area (Å²) in [7, 11) is -3.92. The van der Waals surface area contributed by atoms with Crippen molar-refractivity contribution in [3.05, 3.63) is 55.0 Å². The summed E-state index contributed by atoms with van der Waals surface area (Å²) in [6.45, 7) is -0.421. The minimum absolute atomic E-state index is 0.0700. The fraction of sp³-hybridized carbons (Fsp3) is 0.273. The molecular weight excluding hydrogens is 525 g/mol. The van der Waals surface area contributed by atoms with Gasteiger partial charge in [-0.25, -0.2) is 32.0 Å². The second kappa shape index (κ2) is 10.7. The van der Waals surface area contributed by atoms with E-state index in [1.54, 1.807) is 48.9 Å². The lowest BCUT2D eigenvalue weighted by Crippen LogP contribution is -2.42. The topological polar surface area (TPSA) is 139 Å². The van der Waals surface area contributed by atoms with Gasteiger partial charge in [-0.1, -0.05) is 24.3 Å². The molecule has 0 saturated carbocycles. The van der Waals surface area contributed by atoms with Crippen molar-refractivity contribution < 1.29 is 40.3 Å². The number of carbonyl (C=O) groups is 1. The van der Waals surface area contributed by atoms with Gasteiger partial charge in [-0.15, -0.1) is 0 Å². The summed E-state index contributed by atoms with van der Waals surface area (Å²) in [6, 6.07) is 9.98. The zero-order valence-electron chi connectivity index (χ0n) is 18.9. The number of halogens is 5. The minimum Gasteiger partial charge on any atom is -0.475 e. The SMILES string of the molecule is Nc1ncc(-c2ccc(-c3ccccc3S(=O)(=O)N3CCC(F)(F)CC3)cn2)cn1.O=C(O)C(F)(F)F. The molecule has 0 spiro atoms. The van der Waals surface area contributed by atoms with Gasteiger partial charge >= 0.3 is 12.1 Å². The van der Waals surface area contributed by atoms with Gasteiger partial charge in [-0.3, -0.25) is 4.98 Å². The third kappa shape index (κ3) is 6.95. The Morgan fingerprint density at radius 2 is 1.49 bits per heavy atom. The monoisotopic (exact) mass is 545 g/mol. The summed E-state index contributed by atoms with van der Waals surface area (Å²) in [5.41, 5.74) is 7.83. The second-order valence-corrected chi connectivity index (χ2v) is 9.73. The van der Waals surface area contributed by atoms with Crippen LogP contribution in [0, 0.1) is 0 Å². The first kappa shape index (κ1) is 27.9. The molecule has 9 nitrogen and oxygen atoms in total. The number of sulfonamides is 1. The van der Waals surface area contributed by atoms with Crippen LogP contribution in [0.1, 0.15) is 12.8 Å². The molecule has 198 valence electrons. The van der Waals surface area contributed by atoms with E-state index in [1.807, 2.05) is 0 Å². The first-order chi connectivity index (χ1) is 17.2. The van der Waals surface area contributed by atoms with E-state index in [9.17, 15) is 30.4 Å². The lowest BCUT2D eigenvalue weighted by Gasteiger charge is -2.31. The Hall–Kier alpha value is -3.72. The highest BCUT2D eigenvalue weighted by Crippen LogP contribution is 2.34. The number of carboxylic acid groups (broad SMARTS) is 1. The average molecular weight is 545 g/mol. The van der Waals surface area contributed by atoms with Crippen LogP contribution >= 0.6 is 0 Å². The third-order valence-electron chi connectivity index (χ3n) is 5.24. The molecule has 1 aromatic carbocycles. The molecule has 3 heterocycles. The molecule has 1 saturated heterocycles. The molecule has 0 atom stereocenters. The normalized spacial score (nSPS) is 15.9. The number of anilines is 1. The van der Waals surface area contributed by atoms with Gasteiger partial charge in [0.25, 0.3) is 5.92 Å². The number of hydrogen-bond donors (Lipinski definition) is 2. The Labute approximate surface area is 207 Å². The summed E-state index contributed by atoms with van der Waals surface area (Å²) in [5, 5.41) is 7.12. The van der Waals surface area contributed by atoms with E-state index < -0.39 is 40.9 Å². The number of benzene rings is 1. The number of piperidine rings is 1. The van der Waals surface area contributed by atoms with E-state index in [2.05, 4.69) is 15.0 Å². The molecule has 15 heteroatoms. The van der Waals surface area contributed by atoms with Gasteiger partial charge in [0, 0.05) is 61.2 Å². The largest absolute Gasteiger partial charge is 0.490 e. The summed E-state index contributed by atoms with van der Waals surface area (Å²) in [4.78, 5) is 21.2. The smallest absolute Gasteiger partial charge is 0.475 e. The molecule has 0 bridgehead atoms. The maximum absolute atomic E-state index is 13.5. The van der Waals surface area contributed by atoms with E-state index in [4.69, 9.17) is 15.6 Å². The van der Waals surface area contributed by atoms with Crippen LogP contribution in [0.15, 0.2) is 59.9 Å². The van der Waals surface area contributed by atoms with Crippen molar-refractivity contribution in [2.45, 2.75) is 29.8 Å². The van der Waals surface area contributed by atoms with Gasteiger partial charge in [0.2, 0.25) is 16.0 Å². The minimum atomic E-state index is -5.08. The van der Waals surface area contributed by atoms with E-state index >= 15 is 0 Å². The van der Waals surface area contributed by atoms with E-state index in [-0.39, 0.29) is 23.9 Å². The Morgan fingerprint density at radius 3 is 2.00 bits per heavy atom. The molecule has 1 fully saturated rings. The standard InChI is InChI=1S/C20H19F2N5O2S.C2HF3O2/c21-20(22)7-9-27(10-8-20)30(28,29)18-4-2-1-3-16(18)14-5-6-17(24-11-14)15-12-25-19(23)26-13-15;3-2(4,5)1(6)7/h1-6,11-13H,7-10H2,(H2,23,25,26);(H,6,7). The molecule has 0 amide bonds. The van der Waals surface area contributed by atoms with Crippen molar-refractivity contribution in [2.75, 3.05) is 18.8 Å². The summed E-state index contributed by atoms with van der Waals surface area (Å²) >= 11 is 0. The van der Waals surface area contributed by atoms with Crippen molar-refractivity contribution in [1.82, 2.24) is 19.3 Å². The van der Waals surface area contributed by atoms with Crippen LogP contribution in [-0.4, -0.2) is 63.9 Å². The lowest BCUT2D eigenvalue weighted by molar-refractivity contribution is -0.192. The molecule has 1 aliphatic heterocycles. The third-order valence-corrected chi connectivity index (χ3v) is 7.20. The molecule has 0 radical (unpaired) electrons. The molecule has 3 aromatic rings. The zero-order chi connectivity index (χ0) is 27.4. The van der Waals surface area contributed by atoms with E-state index in [1.165, 1.54) is 6.07 Å². The fourth-order valence-corrected chi connectivity index (χ4v) is 4.97. The van der Waals surface area contributed by atoms with Crippen LogP contribution in [0.25, 0.3) is 22.4 Å². The predicted molar refractivity (Wildman–Crippen MR) is 122 cm³/mol. The Morgan fingerprint density at radius 1 is 0.946 bits per heavy atom. The molecule has 4 rings (SSSR count). The number of nitrogens with zero attached hydrogens (tertiary/aromatic N) is 4. The van der Waals surface area contributed by atoms with Crippen molar-refractivity contribution in [3.63, 3.8) is 0 Å². The van der Waals surface area contributed by atoms with Crippen LogP contribution in [0.3, 0.4) is 0 Å². The average Bonchev–Trinajstić information content (AvgIpc) is 2.84. The highest BCUT2D eigenvalue weighted by Gasteiger charge is 2.39. The highest BCUT2D eigenvalue weighted by atomic mass is 32.2. The van der Waals surface area contributed by atoms with Crippen molar-refractivity contribution in [2.24, 2.45) is 0 Å². The Balaban J connectivity index is 0.000000479. The Bertz CT molecular complexity index is 1340. The quantitative estimate of drug-likeness (QED) is 0.472. The summed E-state index contributed by atoms with van der Waals surface area (Å²) < 4.78 is 86.1. The number of nitrogens with two attached hydrogens (primary N) is 1. The number of pyridine rings is 1. The van der Waals surface area contributed by atoms with Crippen molar-refractivity contribution in [1.29, 1.82) is 0 Å². The van der Waals surface area contributed by atoms with Gasteiger partial charge in [0.15, 0.2) is 0 Å². The van der Waals surface area contributed by atoms with Crippen LogP contribution in [0.4, 0.5) is 27.9 Å². The first-order valence-corrected chi connectivity index (χ1v) is 12.0. The summed E-state index contributed by atoms with van der Waals surface area (Å²) in [6.07, 6.45) is -1.38. The van der Waals surface area contributed by atoms with Gasteiger partial charge in [-0.2, -0.15) is 17.5 Å². The highest BCUT2D eigenvalue weighted by molar-refractivity contribution is 7.89. The number of rotatable bonds is 4. The van der Waals surface area contributed by atoms with Gasteiger partial charge in [0.05, 0.1) is 10.6 Å². The summed E-state index contributed by atoms with van der Waals surface area (Å²) in [5.74, 6) is -5.42. The molecule has 0 unspecified atom stereocenters. The second-order valence-electron chi connectivity index (χ2n) is 7.82. The van der Waals surface area contributed by atoms with Crippen LogP contribution in [-0.2, 0) is 14.8 Å². The number of nitrogen functional groups attached to an aromatic ring is 1. The van der Waals surface area contributed by atoms with E-state index in [0.717, 1.165) is 4.31 Å².